The van der Waals surface area contributed by atoms with E-state index in [1.54, 1.807) is 0 Å². The number of anilines is 1. The third kappa shape index (κ3) is 3.58. The average molecular weight is 295 g/mol. The van der Waals surface area contributed by atoms with Gasteiger partial charge in [-0.2, -0.15) is 5.26 Å². The molecule has 1 aromatic rings. The molecule has 0 radical (unpaired) electrons. The summed E-state index contributed by atoms with van der Waals surface area (Å²) < 4.78 is 0. The Morgan fingerprint density at radius 3 is 2.75 bits per heavy atom. The van der Waals surface area contributed by atoms with E-state index in [1.807, 2.05) is 0 Å². The van der Waals surface area contributed by atoms with Gasteiger partial charge in [-0.1, -0.05) is 11.6 Å². The van der Waals surface area contributed by atoms with Crippen molar-refractivity contribution in [2.24, 2.45) is 5.92 Å². The molecule has 1 N–H and O–H groups in total. The number of nitro groups is 1. The molecule has 1 saturated carbocycles. The molecule has 2 rings (SSSR count). The summed E-state index contributed by atoms with van der Waals surface area (Å²) in [7, 11) is 0. The van der Waals surface area contributed by atoms with Crippen LogP contribution in [-0.4, -0.2) is 15.9 Å². The monoisotopic (exact) mass is 294 g/mol. The third-order valence-electron chi connectivity index (χ3n) is 3.60. The van der Waals surface area contributed by atoms with E-state index in [2.05, 4.69) is 16.4 Å². The van der Waals surface area contributed by atoms with Crippen molar-refractivity contribution in [2.75, 3.05) is 5.32 Å². The Labute approximate surface area is 121 Å². The second kappa shape index (κ2) is 6.53. The van der Waals surface area contributed by atoms with Gasteiger partial charge in [0, 0.05) is 18.5 Å². The summed E-state index contributed by atoms with van der Waals surface area (Å²) in [5, 5.41) is 23.0. The van der Waals surface area contributed by atoms with E-state index in [-0.39, 0.29) is 22.7 Å². The molecule has 6 nitrogen and oxygen atoms in total. The molecule has 106 valence electrons. The zero-order valence-electron chi connectivity index (χ0n) is 10.9. The van der Waals surface area contributed by atoms with Gasteiger partial charge in [0.1, 0.15) is 5.15 Å². The standard InChI is InChI=1S/C13H15ClN4O2/c14-12-6-5-11(18(19)20)13(17-12)16-10-3-1-9(2-4-10)7-8-15/h5-6,9-10H,1-4,7H2,(H,16,17)/t9-,10-. The van der Waals surface area contributed by atoms with Gasteiger partial charge in [0.2, 0.25) is 5.82 Å². The van der Waals surface area contributed by atoms with E-state index in [4.69, 9.17) is 16.9 Å². The van der Waals surface area contributed by atoms with Gasteiger partial charge in [-0.05, 0) is 37.7 Å². The summed E-state index contributed by atoms with van der Waals surface area (Å²) in [6.07, 6.45) is 4.27. The molecular formula is C13H15ClN4O2. The minimum Gasteiger partial charge on any atom is -0.362 e. The van der Waals surface area contributed by atoms with Crippen LogP contribution in [0.4, 0.5) is 11.5 Å². The van der Waals surface area contributed by atoms with Gasteiger partial charge < -0.3 is 5.32 Å². The lowest BCUT2D eigenvalue weighted by Gasteiger charge is -2.28. The average Bonchev–Trinajstić information content (AvgIpc) is 2.41. The Morgan fingerprint density at radius 1 is 1.45 bits per heavy atom. The third-order valence-corrected chi connectivity index (χ3v) is 3.81. The first-order valence-electron chi connectivity index (χ1n) is 6.54. The first-order valence-corrected chi connectivity index (χ1v) is 6.92. The fourth-order valence-electron chi connectivity index (χ4n) is 2.51. The predicted octanol–water partition coefficient (Wildman–Crippen LogP) is 3.53. The summed E-state index contributed by atoms with van der Waals surface area (Å²) in [5.41, 5.74) is -0.0615. The number of rotatable bonds is 4. The lowest BCUT2D eigenvalue weighted by molar-refractivity contribution is -0.384. The molecule has 1 aromatic heterocycles. The van der Waals surface area contributed by atoms with Crippen molar-refractivity contribution >= 4 is 23.1 Å². The van der Waals surface area contributed by atoms with Gasteiger partial charge in [0.15, 0.2) is 0 Å². The Hall–Kier alpha value is -1.87. The van der Waals surface area contributed by atoms with Crippen LogP contribution in [0.1, 0.15) is 32.1 Å². The van der Waals surface area contributed by atoms with Gasteiger partial charge in [0.05, 0.1) is 11.0 Å². The molecule has 0 atom stereocenters. The summed E-state index contributed by atoms with van der Waals surface area (Å²) in [4.78, 5) is 14.5. The molecule has 0 unspecified atom stereocenters. The second-order valence-corrected chi connectivity index (χ2v) is 5.37. The largest absolute Gasteiger partial charge is 0.362 e. The van der Waals surface area contributed by atoms with Crippen LogP contribution in [0, 0.1) is 27.4 Å². The molecule has 20 heavy (non-hydrogen) atoms. The highest BCUT2D eigenvalue weighted by molar-refractivity contribution is 6.29. The predicted molar refractivity (Wildman–Crippen MR) is 75.5 cm³/mol. The summed E-state index contributed by atoms with van der Waals surface area (Å²) in [6, 6.07) is 5.11. The Morgan fingerprint density at radius 2 is 2.15 bits per heavy atom. The summed E-state index contributed by atoms with van der Waals surface area (Å²) >= 11 is 5.79. The van der Waals surface area contributed by atoms with Crippen LogP contribution in [0.15, 0.2) is 12.1 Å². The second-order valence-electron chi connectivity index (χ2n) is 4.98. The van der Waals surface area contributed by atoms with E-state index < -0.39 is 4.92 Å². The number of aromatic nitrogens is 1. The van der Waals surface area contributed by atoms with Gasteiger partial charge in [0.25, 0.3) is 0 Å². The fourth-order valence-corrected chi connectivity index (χ4v) is 2.66. The SMILES string of the molecule is N#CC[C@H]1CC[C@H](Nc2nc(Cl)ccc2[N+](=O)[O-])CC1. The molecule has 1 aliphatic rings. The van der Waals surface area contributed by atoms with Crippen LogP contribution in [0.25, 0.3) is 0 Å². The maximum Gasteiger partial charge on any atom is 0.311 e. The zero-order chi connectivity index (χ0) is 14.5. The van der Waals surface area contributed by atoms with Crippen LogP contribution in [-0.2, 0) is 0 Å². The molecule has 0 amide bonds. The van der Waals surface area contributed by atoms with Crippen molar-refractivity contribution in [1.29, 1.82) is 5.26 Å². The minimum absolute atomic E-state index is 0.0615. The Balaban J connectivity index is 2.02. The van der Waals surface area contributed by atoms with Gasteiger partial charge in [-0.3, -0.25) is 10.1 Å². The van der Waals surface area contributed by atoms with Gasteiger partial charge in [-0.15, -0.1) is 0 Å². The van der Waals surface area contributed by atoms with Crippen molar-refractivity contribution in [2.45, 2.75) is 38.1 Å². The van der Waals surface area contributed by atoms with Crippen LogP contribution in [0.2, 0.25) is 5.15 Å². The van der Waals surface area contributed by atoms with Crippen LogP contribution < -0.4 is 5.32 Å². The van der Waals surface area contributed by atoms with Gasteiger partial charge >= 0.3 is 5.69 Å². The lowest BCUT2D eigenvalue weighted by atomic mass is 9.84. The Kier molecular flexibility index (Phi) is 4.74. The molecule has 1 fully saturated rings. The fraction of sp³-hybridized carbons (Fsp3) is 0.538. The first kappa shape index (κ1) is 14.5. The highest BCUT2D eigenvalue weighted by atomic mass is 35.5. The molecule has 0 aromatic carbocycles. The number of pyridine rings is 1. The Bertz CT molecular complexity index is 536. The van der Waals surface area contributed by atoms with Crippen molar-refractivity contribution in [3.05, 3.63) is 27.4 Å². The summed E-state index contributed by atoms with van der Waals surface area (Å²) in [6.45, 7) is 0. The molecule has 0 bridgehead atoms. The first-order chi connectivity index (χ1) is 9.60. The minimum atomic E-state index is -0.465. The molecule has 0 aliphatic heterocycles. The number of hydrogen-bond acceptors (Lipinski definition) is 5. The van der Waals surface area contributed by atoms with E-state index in [0.29, 0.717) is 12.3 Å². The highest BCUT2D eigenvalue weighted by Gasteiger charge is 2.24. The maximum atomic E-state index is 11.0. The number of nitrogens with one attached hydrogen (secondary N) is 1. The van der Waals surface area contributed by atoms with E-state index >= 15 is 0 Å². The van der Waals surface area contributed by atoms with Crippen molar-refractivity contribution in [3.63, 3.8) is 0 Å². The smallest absolute Gasteiger partial charge is 0.311 e. The molecule has 0 spiro atoms. The van der Waals surface area contributed by atoms with Gasteiger partial charge in [-0.25, -0.2) is 4.98 Å². The lowest BCUT2D eigenvalue weighted by Crippen LogP contribution is -2.26. The number of nitriles is 1. The molecule has 1 aliphatic carbocycles. The molecular weight excluding hydrogens is 280 g/mol. The zero-order valence-corrected chi connectivity index (χ0v) is 11.6. The van der Waals surface area contributed by atoms with Crippen LogP contribution in [0.3, 0.4) is 0 Å². The van der Waals surface area contributed by atoms with Crippen molar-refractivity contribution in [1.82, 2.24) is 4.98 Å². The normalized spacial score (nSPS) is 22.0. The highest BCUT2D eigenvalue weighted by Crippen LogP contribution is 2.31. The molecule has 0 saturated heterocycles. The van der Waals surface area contributed by atoms with E-state index in [1.165, 1.54) is 12.1 Å². The van der Waals surface area contributed by atoms with Crippen molar-refractivity contribution < 1.29 is 4.92 Å². The van der Waals surface area contributed by atoms with E-state index in [0.717, 1.165) is 25.7 Å². The number of nitrogens with zero attached hydrogens (tertiary/aromatic N) is 3. The molecule has 1 heterocycles. The quantitative estimate of drug-likeness (QED) is 0.521. The van der Waals surface area contributed by atoms with E-state index in [9.17, 15) is 10.1 Å². The molecule has 7 heteroatoms. The van der Waals surface area contributed by atoms with Crippen LogP contribution >= 0.6 is 11.6 Å². The topological polar surface area (TPSA) is 91.8 Å². The number of halogens is 1. The summed E-state index contributed by atoms with van der Waals surface area (Å²) in [5.74, 6) is 0.673. The van der Waals surface area contributed by atoms with Crippen molar-refractivity contribution in [3.8, 4) is 6.07 Å². The number of hydrogen-bond donors (Lipinski definition) is 1. The van der Waals surface area contributed by atoms with Crippen LogP contribution in [0.5, 0.6) is 0 Å². The maximum absolute atomic E-state index is 11.0.